The number of carbonyl (C=O) groups excluding carboxylic acids is 1. The molecule has 1 aliphatic carbocycles. The Bertz CT molecular complexity index is 435. The van der Waals surface area contributed by atoms with Crippen molar-refractivity contribution >= 4 is 17.5 Å². The molecule has 0 spiro atoms. The number of benzene rings is 1. The smallest absolute Gasteiger partial charge is 0.233 e. The first kappa shape index (κ1) is 13.3. The molecule has 18 heavy (non-hydrogen) atoms. The minimum Gasteiger partial charge on any atom is -0.355 e. The van der Waals surface area contributed by atoms with Gasteiger partial charge in [-0.3, -0.25) is 4.79 Å². The zero-order valence-corrected chi connectivity index (χ0v) is 10.8. The van der Waals surface area contributed by atoms with Gasteiger partial charge in [-0.25, -0.2) is 4.39 Å². The van der Waals surface area contributed by atoms with Gasteiger partial charge >= 0.3 is 0 Å². The van der Waals surface area contributed by atoms with Crippen LogP contribution < -0.4 is 10.6 Å². The van der Waals surface area contributed by atoms with Crippen LogP contribution in [0.5, 0.6) is 0 Å². The Kier molecular flexibility index (Phi) is 4.55. The molecule has 0 aliphatic heterocycles. The molecular weight excluding hydrogens is 255 g/mol. The Hall–Kier alpha value is -1.13. The van der Waals surface area contributed by atoms with Gasteiger partial charge in [0.2, 0.25) is 5.91 Å². The number of rotatable bonds is 6. The van der Waals surface area contributed by atoms with Crippen LogP contribution in [0, 0.1) is 11.7 Å². The van der Waals surface area contributed by atoms with Gasteiger partial charge in [0.1, 0.15) is 5.82 Å². The maximum absolute atomic E-state index is 12.9. The summed E-state index contributed by atoms with van der Waals surface area (Å²) in [5.74, 6) is 0.252. The van der Waals surface area contributed by atoms with Gasteiger partial charge in [-0.05, 0) is 36.5 Å². The van der Waals surface area contributed by atoms with Crippen LogP contribution in [0.3, 0.4) is 0 Å². The van der Waals surface area contributed by atoms with E-state index >= 15 is 0 Å². The predicted octanol–water partition coefficient (Wildman–Crippen LogP) is 2.09. The lowest BCUT2D eigenvalue weighted by Gasteiger charge is -2.06. The normalized spacial score (nSPS) is 14.6. The van der Waals surface area contributed by atoms with E-state index < -0.39 is 5.82 Å². The number of nitrogens with one attached hydrogen (secondary N) is 2. The minimum atomic E-state index is -0.428. The summed E-state index contributed by atoms with van der Waals surface area (Å²) in [6, 6.07) is 4.54. The van der Waals surface area contributed by atoms with E-state index in [2.05, 4.69) is 10.6 Å². The van der Waals surface area contributed by atoms with E-state index in [0.29, 0.717) is 12.5 Å². The predicted molar refractivity (Wildman–Crippen MR) is 68.9 cm³/mol. The maximum Gasteiger partial charge on any atom is 0.233 e. The van der Waals surface area contributed by atoms with E-state index in [1.165, 1.54) is 18.9 Å². The van der Waals surface area contributed by atoms with Gasteiger partial charge < -0.3 is 10.6 Å². The van der Waals surface area contributed by atoms with Gasteiger partial charge in [0.15, 0.2) is 0 Å². The van der Waals surface area contributed by atoms with Crippen LogP contribution in [0.2, 0.25) is 5.02 Å². The van der Waals surface area contributed by atoms with Gasteiger partial charge in [-0.2, -0.15) is 0 Å². The minimum absolute atomic E-state index is 0.00453. The lowest BCUT2D eigenvalue weighted by atomic mass is 10.2. The largest absolute Gasteiger partial charge is 0.355 e. The molecule has 1 fully saturated rings. The van der Waals surface area contributed by atoms with Gasteiger partial charge in [-0.15, -0.1) is 0 Å². The average Bonchev–Trinajstić information content (AvgIpc) is 3.15. The van der Waals surface area contributed by atoms with Crippen molar-refractivity contribution < 1.29 is 9.18 Å². The van der Waals surface area contributed by atoms with Gasteiger partial charge in [0.05, 0.1) is 11.6 Å². The molecule has 1 saturated carbocycles. The first-order chi connectivity index (χ1) is 8.65. The van der Waals surface area contributed by atoms with E-state index in [-0.39, 0.29) is 17.5 Å². The fourth-order valence-corrected chi connectivity index (χ4v) is 1.82. The van der Waals surface area contributed by atoms with Crippen molar-refractivity contribution in [2.24, 2.45) is 5.92 Å². The van der Waals surface area contributed by atoms with Crippen LogP contribution in [0.25, 0.3) is 0 Å². The topological polar surface area (TPSA) is 41.1 Å². The zero-order valence-electron chi connectivity index (χ0n) is 10.0. The van der Waals surface area contributed by atoms with Crippen LogP contribution >= 0.6 is 11.6 Å². The molecule has 1 aromatic rings. The third-order valence-electron chi connectivity index (χ3n) is 2.88. The van der Waals surface area contributed by atoms with E-state index in [9.17, 15) is 9.18 Å². The van der Waals surface area contributed by atoms with Crippen LogP contribution in [0.15, 0.2) is 18.2 Å². The van der Waals surface area contributed by atoms with Crippen molar-refractivity contribution in [2.75, 3.05) is 13.1 Å². The zero-order chi connectivity index (χ0) is 13.0. The molecule has 5 heteroatoms. The molecule has 1 aromatic carbocycles. The van der Waals surface area contributed by atoms with Crippen molar-refractivity contribution in [3.63, 3.8) is 0 Å². The summed E-state index contributed by atoms with van der Waals surface area (Å²) in [6.45, 7) is 1.54. The highest BCUT2D eigenvalue weighted by Crippen LogP contribution is 2.27. The molecule has 2 rings (SSSR count). The monoisotopic (exact) mass is 270 g/mol. The second-order valence-electron chi connectivity index (χ2n) is 4.60. The summed E-state index contributed by atoms with van der Waals surface area (Å²) in [5, 5.41) is 5.97. The van der Waals surface area contributed by atoms with Crippen LogP contribution in [0.1, 0.15) is 18.4 Å². The Morgan fingerprint density at radius 3 is 2.89 bits per heavy atom. The highest BCUT2D eigenvalue weighted by atomic mass is 35.5. The molecule has 0 saturated heterocycles. The van der Waals surface area contributed by atoms with Crippen LogP contribution in [0.4, 0.5) is 4.39 Å². The number of hydrogen-bond donors (Lipinski definition) is 2. The molecule has 1 aliphatic rings. The summed E-state index contributed by atoms with van der Waals surface area (Å²) >= 11 is 5.66. The fourth-order valence-electron chi connectivity index (χ4n) is 1.61. The number of hydrogen-bond acceptors (Lipinski definition) is 2. The number of halogens is 2. The third-order valence-corrected chi connectivity index (χ3v) is 3.17. The second kappa shape index (κ2) is 6.16. The molecule has 0 heterocycles. The fraction of sp³-hybridized carbons (Fsp3) is 0.462. The number of carbonyl (C=O) groups is 1. The quantitative estimate of drug-likeness (QED) is 0.831. The standard InChI is InChI=1S/C13H16ClFN2O/c14-11-5-10(3-4-12(11)15)6-16-8-13(18)17-7-9-1-2-9/h3-5,9,16H,1-2,6-8H2,(H,17,18). The Morgan fingerprint density at radius 1 is 1.44 bits per heavy atom. The lowest BCUT2D eigenvalue weighted by molar-refractivity contribution is -0.120. The first-order valence-electron chi connectivity index (χ1n) is 6.06. The van der Waals surface area contributed by atoms with Gasteiger partial charge in [-0.1, -0.05) is 17.7 Å². The molecule has 3 nitrogen and oxygen atoms in total. The van der Waals surface area contributed by atoms with Crippen molar-refractivity contribution in [1.29, 1.82) is 0 Å². The van der Waals surface area contributed by atoms with Crippen molar-refractivity contribution in [3.05, 3.63) is 34.6 Å². The van der Waals surface area contributed by atoms with Crippen molar-refractivity contribution in [1.82, 2.24) is 10.6 Å². The van der Waals surface area contributed by atoms with E-state index in [1.807, 2.05) is 0 Å². The van der Waals surface area contributed by atoms with Crippen molar-refractivity contribution in [3.8, 4) is 0 Å². The molecule has 2 N–H and O–H groups in total. The second-order valence-corrected chi connectivity index (χ2v) is 5.01. The summed E-state index contributed by atoms with van der Waals surface area (Å²) in [5.41, 5.74) is 0.858. The summed E-state index contributed by atoms with van der Waals surface area (Å²) in [6.07, 6.45) is 2.45. The van der Waals surface area contributed by atoms with Gasteiger partial charge in [0.25, 0.3) is 0 Å². The van der Waals surface area contributed by atoms with E-state index in [1.54, 1.807) is 12.1 Å². The number of amides is 1. The Balaban J connectivity index is 1.67. The van der Waals surface area contributed by atoms with E-state index in [0.717, 1.165) is 12.1 Å². The molecule has 1 amide bonds. The highest BCUT2D eigenvalue weighted by molar-refractivity contribution is 6.30. The Morgan fingerprint density at radius 2 is 2.22 bits per heavy atom. The van der Waals surface area contributed by atoms with E-state index in [4.69, 9.17) is 11.6 Å². The molecule has 0 atom stereocenters. The van der Waals surface area contributed by atoms with Crippen LogP contribution in [-0.2, 0) is 11.3 Å². The van der Waals surface area contributed by atoms with Crippen LogP contribution in [-0.4, -0.2) is 19.0 Å². The Labute approximate surface area is 111 Å². The molecule has 0 radical (unpaired) electrons. The van der Waals surface area contributed by atoms with Gasteiger partial charge in [0, 0.05) is 13.1 Å². The molecule has 0 bridgehead atoms. The molecule has 0 unspecified atom stereocenters. The average molecular weight is 271 g/mol. The lowest BCUT2D eigenvalue weighted by Crippen LogP contribution is -2.34. The molecule has 98 valence electrons. The third kappa shape index (κ3) is 4.27. The SMILES string of the molecule is O=C(CNCc1ccc(F)c(Cl)c1)NCC1CC1. The first-order valence-corrected chi connectivity index (χ1v) is 6.44. The maximum atomic E-state index is 12.9. The molecule has 0 aromatic heterocycles. The highest BCUT2D eigenvalue weighted by Gasteiger charge is 2.21. The van der Waals surface area contributed by atoms with Crippen molar-refractivity contribution in [2.45, 2.75) is 19.4 Å². The summed E-state index contributed by atoms with van der Waals surface area (Å²) < 4.78 is 12.9. The summed E-state index contributed by atoms with van der Waals surface area (Å²) in [4.78, 5) is 11.4. The summed E-state index contributed by atoms with van der Waals surface area (Å²) in [7, 11) is 0. The molecular formula is C13H16ClFN2O.